The van der Waals surface area contributed by atoms with E-state index in [4.69, 9.17) is 21.1 Å². The highest BCUT2D eigenvalue weighted by molar-refractivity contribution is 7.14. The normalized spacial score (nSPS) is 10.9. The zero-order chi connectivity index (χ0) is 23.9. The number of hydrogen-bond donors (Lipinski definition) is 1. The lowest BCUT2D eigenvalue weighted by Crippen LogP contribution is -2.07. The van der Waals surface area contributed by atoms with Crippen LogP contribution < -0.4 is 14.8 Å². The van der Waals surface area contributed by atoms with Crippen LogP contribution in [-0.2, 0) is 11.4 Å². The van der Waals surface area contributed by atoms with Gasteiger partial charge in [-0.15, -0.1) is 11.3 Å². The molecule has 0 aliphatic rings. The number of nitrogens with zero attached hydrogens (tertiary/aromatic N) is 1. The zero-order valence-electron chi connectivity index (χ0n) is 18.1. The molecule has 0 unspecified atom stereocenters. The fourth-order valence-electron chi connectivity index (χ4n) is 3.05. The summed E-state index contributed by atoms with van der Waals surface area (Å²) >= 11 is 7.21. The van der Waals surface area contributed by atoms with Crippen molar-refractivity contribution < 1.29 is 18.7 Å². The predicted molar refractivity (Wildman–Crippen MR) is 134 cm³/mol. The van der Waals surface area contributed by atoms with Crippen LogP contribution in [0.15, 0.2) is 78.2 Å². The third-order valence-electron chi connectivity index (χ3n) is 4.80. The summed E-state index contributed by atoms with van der Waals surface area (Å²) in [5, 5.41) is 5.67. The summed E-state index contributed by atoms with van der Waals surface area (Å²) in [4.78, 5) is 16.7. The van der Waals surface area contributed by atoms with Gasteiger partial charge in [0.25, 0.3) is 0 Å². The van der Waals surface area contributed by atoms with Gasteiger partial charge in [0.2, 0.25) is 5.91 Å². The van der Waals surface area contributed by atoms with Crippen molar-refractivity contribution in [2.45, 2.75) is 6.61 Å². The number of nitrogens with one attached hydrogen (secondary N) is 1. The molecular weight excluding hydrogens is 475 g/mol. The van der Waals surface area contributed by atoms with Crippen LogP contribution in [0.5, 0.6) is 11.5 Å². The minimum Gasteiger partial charge on any atom is -0.493 e. The number of thiazole rings is 1. The molecule has 8 heteroatoms. The zero-order valence-corrected chi connectivity index (χ0v) is 19.7. The molecule has 0 bridgehead atoms. The van der Waals surface area contributed by atoms with Gasteiger partial charge in [0.15, 0.2) is 16.6 Å². The van der Waals surface area contributed by atoms with Crippen molar-refractivity contribution in [1.29, 1.82) is 0 Å². The van der Waals surface area contributed by atoms with E-state index in [0.717, 1.165) is 16.7 Å². The maximum atomic E-state index is 13.1. The van der Waals surface area contributed by atoms with E-state index in [1.807, 2.05) is 30.3 Å². The fourth-order valence-corrected chi connectivity index (χ4v) is 3.90. The van der Waals surface area contributed by atoms with Gasteiger partial charge in [0, 0.05) is 22.0 Å². The van der Waals surface area contributed by atoms with Crippen LogP contribution >= 0.6 is 22.9 Å². The van der Waals surface area contributed by atoms with Crippen molar-refractivity contribution in [1.82, 2.24) is 4.98 Å². The molecule has 0 saturated heterocycles. The number of ether oxygens (including phenoxy) is 2. The molecule has 0 aliphatic heterocycles. The topological polar surface area (TPSA) is 60.5 Å². The molecule has 0 aliphatic carbocycles. The summed E-state index contributed by atoms with van der Waals surface area (Å²) in [6.45, 7) is 0.374. The van der Waals surface area contributed by atoms with Crippen LogP contribution in [0.4, 0.5) is 9.52 Å². The van der Waals surface area contributed by atoms with E-state index in [-0.39, 0.29) is 11.7 Å². The number of methoxy groups -OCH3 is 1. The molecule has 34 heavy (non-hydrogen) atoms. The van der Waals surface area contributed by atoms with Gasteiger partial charge in [-0.1, -0.05) is 29.8 Å². The Morgan fingerprint density at radius 2 is 1.85 bits per heavy atom. The molecular formula is C26H20ClFN2O3S. The Labute approximate surface area is 205 Å². The van der Waals surface area contributed by atoms with Gasteiger partial charge < -0.3 is 9.47 Å². The molecule has 0 saturated carbocycles. The maximum absolute atomic E-state index is 13.1. The van der Waals surface area contributed by atoms with Crippen LogP contribution in [0.1, 0.15) is 11.1 Å². The van der Waals surface area contributed by atoms with Crippen molar-refractivity contribution in [2.24, 2.45) is 0 Å². The van der Waals surface area contributed by atoms with Crippen LogP contribution in [-0.4, -0.2) is 18.0 Å². The minimum absolute atomic E-state index is 0.310. The number of benzene rings is 3. The molecule has 4 rings (SSSR count). The average Bonchev–Trinajstić information content (AvgIpc) is 3.31. The summed E-state index contributed by atoms with van der Waals surface area (Å²) < 4.78 is 24.4. The molecule has 1 N–H and O–H groups in total. The summed E-state index contributed by atoms with van der Waals surface area (Å²) in [5.74, 6) is 0.521. The number of carbonyl (C=O) groups excluding carboxylic acids is 1. The predicted octanol–water partition coefficient (Wildman–Crippen LogP) is 6.84. The largest absolute Gasteiger partial charge is 0.493 e. The number of carbonyl (C=O) groups is 1. The van der Waals surface area contributed by atoms with E-state index in [9.17, 15) is 9.18 Å². The second-order valence-corrected chi connectivity index (χ2v) is 8.49. The number of hydrogen-bond acceptors (Lipinski definition) is 5. The number of aromatic nitrogens is 1. The standard InChI is InChI=1S/C26H20ClFN2O3S/c1-32-24-14-17(4-12-23(24)33-15-18-2-8-20(27)9-3-18)5-13-25(31)30-26-29-22(16-34-26)19-6-10-21(28)11-7-19/h2-14,16H,15H2,1H3,(H,29,30,31). The van der Waals surface area contributed by atoms with E-state index in [1.165, 1.54) is 29.5 Å². The molecule has 0 atom stereocenters. The van der Waals surface area contributed by atoms with Gasteiger partial charge in [-0.25, -0.2) is 9.37 Å². The molecule has 3 aromatic carbocycles. The Hall–Kier alpha value is -3.68. The monoisotopic (exact) mass is 494 g/mol. The first-order valence-corrected chi connectivity index (χ1v) is 11.5. The van der Waals surface area contributed by atoms with Gasteiger partial charge in [-0.2, -0.15) is 0 Å². The Morgan fingerprint density at radius 3 is 2.59 bits per heavy atom. The van der Waals surface area contributed by atoms with Crippen molar-refractivity contribution in [3.63, 3.8) is 0 Å². The Bertz CT molecular complexity index is 1300. The van der Waals surface area contributed by atoms with Crippen LogP contribution in [0.2, 0.25) is 5.02 Å². The first kappa shape index (κ1) is 23.5. The van der Waals surface area contributed by atoms with Crippen molar-refractivity contribution in [3.05, 3.63) is 100 Å². The van der Waals surface area contributed by atoms with Crippen molar-refractivity contribution >= 4 is 40.1 Å². The van der Waals surface area contributed by atoms with Gasteiger partial charge in [0.05, 0.1) is 12.8 Å². The highest BCUT2D eigenvalue weighted by Gasteiger charge is 2.08. The highest BCUT2D eigenvalue weighted by atomic mass is 35.5. The first-order valence-electron chi connectivity index (χ1n) is 10.3. The van der Waals surface area contributed by atoms with Crippen LogP contribution in [0.25, 0.3) is 17.3 Å². The van der Waals surface area contributed by atoms with E-state index < -0.39 is 0 Å². The lowest BCUT2D eigenvalue weighted by atomic mass is 10.2. The number of amides is 1. The lowest BCUT2D eigenvalue weighted by Gasteiger charge is -2.11. The third kappa shape index (κ3) is 6.21. The summed E-state index contributed by atoms with van der Waals surface area (Å²) in [5.41, 5.74) is 3.20. The summed E-state index contributed by atoms with van der Waals surface area (Å²) in [6, 6.07) is 18.9. The Morgan fingerprint density at radius 1 is 1.09 bits per heavy atom. The first-order chi connectivity index (χ1) is 16.5. The molecule has 5 nitrogen and oxygen atoms in total. The van der Waals surface area contributed by atoms with Crippen molar-refractivity contribution in [2.75, 3.05) is 12.4 Å². The van der Waals surface area contributed by atoms with Gasteiger partial charge >= 0.3 is 0 Å². The molecule has 0 radical (unpaired) electrons. The number of anilines is 1. The Balaban J connectivity index is 1.36. The van der Waals surface area contributed by atoms with E-state index in [2.05, 4.69) is 10.3 Å². The lowest BCUT2D eigenvalue weighted by molar-refractivity contribution is -0.111. The molecule has 1 amide bonds. The maximum Gasteiger partial charge on any atom is 0.250 e. The number of halogens is 2. The van der Waals surface area contributed by atoms with Crippen molar-refractivity contribution in [3.8, 4) is 22.8 Å². The smallest absolute Gasteiger partial charge is 0.250 e. The SMILES string of the molecule is COc1cc(C=CC(=O)Nc2nc(-c3ccc(F)cc3)cs2)ccc1OCc1ccc(Cl)cc1. The van der Waals surface area contributed by atoms with Crippen LogP contribution in [0.3, 0.4) is 0 Å². The average molecular weight is 495 g/mol. The van der Waals surface area contributed by atoms with Gasteiger partial charge in [-0.05, 0) is 65.7 Å². The van der Waals surface area contributed by atoms with E-state index >= 15 is 0 Å². The van der Waals surface area contributed by atoms with Gasteiger partial charge in [0.1, 0.15) is 12.4 Å². The van der Waals surface area contributed by atoms with E-state index in [0.29, 0.717) is 34.0 Å². The second kappa shape index (κ2) is 11.0. The molecule has 0 spiro atoms. The molecule has 172 valence electrons. The van der Waals surface area contributed by atoms with E-state index in [1.54, 1.807) is 42.8 Å². The molecule has 1 aromatic heterocycles. The molecule has 4 aromatic rings. The molecule has 0 fully saturated rings. The second-order valence-electron chi connectivity index (χ2n) is 7.19. The Kier molecular flexibility index (Phi) is 7.57. The summed E-state index contributed by atoms with van der Waals surface area (Å²) in [6.07, 6.45) is 3.09. The third-order valence-corrected chi connectivity index (χ3v) is 5.81. The highest BCUT2D eigenvalue weighted by Crippen LogP contribution is 2.30. The quantitative estimate of drug-likeness (QED) is 0.272. The number of rotatable bonds is 8. The fraction of sp³-hybridized carbons (Fsp3) is 0.0769. The van der Waals surface area contributed by atoms with Gasteiger partial charge in [-0.3, -0.25) is 10.1 Å². The minimum atomic E-state index is -0.318. The van der Waals surface area contributed by atoms with Crippen LogP contribution in [0, 0.1) is 5.82 Å². The summed E-state index contributed by atoms with van der Waals surface area (Å²) in [7, 11) is 1.56. The molecule has 1 heterocycles.